The van der Waals surface area contributed by atoms with E-state index in [1.54, 1.807) is 13.2 Å². The highest BCUT2D eigenvalue weighted by atomic mass is 79.9. The molecule has 2 heterocycles. The van der Waals surface area contributed by atoms with E-state index in [9.17, 15) is 4.79 Å². The number of aryl methyl sites for hydroxylation is 1. The normalized spacial score (nSPS) is 18.3. The number of aliphatic imine (C=N–C) groups is 1. The number of thioether (sulfide) groups is 1. The van der Waals surface area contributed by atoms with Gasteiger partial charge in [0.25, 0.3) is 5.91 Å². The summed E-state index contributed by atoms with van der Waals surface area (Å²) in [6.45, 7) is 2.18. The molecule has 0 aliphatic carbocycles. The van der Waals surface area contributed by atoms with Crippen molar-refractivity contribution in [3.63, 3.8) is 0 Å². The van der Waals surface area contributed by atoms with Crippen LogP contribution < -0.4 is 19.5 Å². The molecule has 0 saturated carbocycles. The van der Waals surface area contributed by atoms with Crippen LogP contribution in [0.3, 0.4) is 0 Å². The fourth-order valence-electron chi connectivity index (χ4n) is 2.66. The summed E-state index contributed by atoms with van der Waals surface area (Å²) in [4.78, 5) is 17.4. The number of fused-ring (bicyclic) bond motifs is 1. The summed E-state index contributed by atoms with van der Waals surface area (Å²) in [5.41, 5.74) is 2.56. The van der Waals surface area contributed by atoms with Gasteiger partial charge < -0.3 is 19.5 Å². The van der Waals surface area contributed by atoms with Crippen LogP contribution in [0, 0.1) is 6.92 Å². The Labute approximate surface area is 168 Å². The van der Waals surface area contributed by atoms with Crippen molar-refractivity contribution in [2.24, 2.45) is 4.99 Å². The smallest absolute Gasteiger partial charge is 0.264 e. The first-order chi connectivity index (χ1) is 13.0. The number of hydrogen-bond donors (Lipinski definition) is 1. The molecular weight excluding hydrogens is 432 g/mol. The molecule has 2 aromatic carbocycles. The van der Waals surface area contributed by atoms with E-state index in [1.165, 1.54) is 11.8 Å². The summed E-state index contributed by atoms with van der Waals surface area (Å²) < 4.78 is 16.9. The number of carbonyl (C=O) groups excluding carboxylic acids is 1. The van der Waals surface area contributed by atoms with E-state index in [2.05, 4.69) is 26.2 Å². The van der Waals surface area contributed by atoms with Crippen LogP contribution in [-0.2, 0) is 4.79 Å². The molecule has 0 unspecified atom stereocenters. The van der Waals surface area contributed by atoms with Crippen molar-refractivity contribution in [3.8, 4) is 17.2 Å². The Kier molecular flexibility index (Phi) is 4.84. The molecule has 4 rings (SSSR count). The van der Waals surface area contributed by atoms with E-state index in [4.69, 9.17) is 14.2 Å². The molecule has 0 aromatic heterocycles. The van der Waals surface area contributed by atoms with Gasteiger partial charge in [0, 0.05) is 4.47 Å². The van der Waals surface area contributed by atoms with Crippen LogP contribution in [0.2, 0.25) is 0 Å². The largest absolute Gasteiger partial charge is 0.494 e. The second kappa shape index (κ2) is 7.28. The summed E-state index contributed by atoms with van der Waals surface area (Å²) in [5, 5.41) is 3.30. The van der Waals surface area contributed by atoms with Crippen LogP contribution in [0.4, 0.5) is 5.69 Å². The van der Waals surface area contributed by atoms with Crippen LogP contribution in [0.15, 0.2) is 44.7 Å². The van der Waals surface area contributed by atoms with E-state index in [0.29, 0.717) is 33.0 Å². The highest BCUT2D eigenvalue weighted by Crippen LogP contribution is 2.39. The zero-order chi connectivity index (χ0) is 19.0. The van der Waals surface area contributed by atoms with E-state index in [-0.39, 0.29) is 12.7 Å². The molecule has 2 aromatic rings. The molecule has 1 fully saturated rings. The standard InChI is InChI=1S/C19H15BrN2O4S/c1-10-3-4-14(24-2)13(5-10)21-19-22-18(23)17(27-19)7-11-6-15-16(8-12(11)20)26-9-25-15/h3-8H,9H2,1-2H3,(H,21,22,23)/b17-7-. The van der Waals surface area contributed by atoms with Gasteiger partial charge in [-0.25, -0.2) is 4.99 Å². The highest BCUT2D eigenvalue weighted by molar-refractivity contribution is 9.10. The molecule has 0 atom stereocenters. The lowest BCUT2D eigenvalue weighted by molar-refractivity contribution is -0.115. The molecule has 8 heteroatoms. The summed E-state index contributed by atoms with van der Waals surface area (Å²) in [6.07, 6.45) is 1.79. The van der Waals surface area contributed by atoms with Gasteiger partial charge in [-0.1, -0.05) is 22.0 Å². The molecule has 6 nitrogen and oxygen atoms in total. The number of rotatable bonds is 3. The summed E-state index contributed by atoms with van der Waals surface area (Å²) in [5.74, 6) is 1.79. The Morgan fingerprint density at radius 3 is 2.81 bits per heavy atom. The Bertz CT molecular complexity index is 1000. The third-order valence-electron chi connectivity index (χ3n) is 3.99. The summed E-state index contributed by atoms with van der Waals surface area (Å²) in [7, 11) is 1.59. The number of nitrogens with zero attached hydrogens (tertiary/aromatic N) is 1. The SMILES string of the molecule is COc1ccc(C)cc1N=C1NC(=O)/C(=C/c2cc3c(cc2Br)OCO3)S1. The van der Waals surface area contributed by atoms with Crippen molar-refractivity contribution in [1.29, 1.82) is 0 Å². The van der Waals surface area contributed by atoms with Crippen molar-refractivity contribution in [2.75, 3.05) is 13.9 Å². The number of nitrogens with one attached hydrogen (secondary N) is 1. The fraction of sp³-hybridized carbons (Fsp3) is 0.158. The van der Waals surface area contributed by atoms with Crippen molar-refractivity contribution >= 4 is 50.5 Å². The average Bonchev–Trinajstić information content (AvgIpc) is 3.21. The lowest BCUT2D eigenvalue weighted by atomic mass is 10.2. The van der Waals surface area contributed by atoms with E-state index >= 15 is 0 Å². The molecule has 0 radical (unpaired) electrons. The quantitative estimate of drug-likeness (QED) is 0.708. The summed E-state index contributed by atoms with van der Waals surface area (Å²) >= 11 is 4.78. The second-order valence-corrected chi connectivity index (χ2v) is 7.77. The van der Waals surface area contributed by atoms with Crippen molar-refractivity contribution in [3.05, 3.63) is 50.8 Å². The number of ether oxygens (including phenoxy) is 3. The number of carbonyl (C=O) groups is 1. The van der Waals surface area contributed by atoms with Gasteiger partial charge >= 0.3 is 0 Å². The van der Waals surface area contributed by atoms with Crippen LogP contribution in [0.1, 0.15) is 11.1 Å². The fourth-order valence-corrected chi connectivity index (χ4v) is 3.92. The minimum atomic E-state index is -0.199. The zero-order valence-corrected chi connectivity index (χ0v) is 16.9. The van der Waals surface area contributed by atoms with Gasteiger partial charge in [0.2, 0.25) is 6.79 Å². The van der Waals surface area contributed by atoms with Crippen molar-refractivity contribution in [1.82, 2.24) is 5.32 Å². The van der Waals surface area contributed by atoms with Crippen LogP contribution in [0.25, 0.3) is 6.08 Å². The Morgan fingerprint density at radius 1 is 1.26 bits per heavy atom. The van der Waals surface area contributed by atoms with E-state index in [1.807, 2.05) is 37.3 Å². The Balaban J connectivity index is 1.63. The van der Waals surface area contributed by atoms with Gasteiger partial charge in [0.15, 0.2) is 16.7 Å². The van der Waals surface area contributed by atoms with Gasteiger partial charge in [0.1, 0.15) is 11.4 Å². The predicted octanol–water partition coefficient (Wildman–Crippen LogP) is 4.39. The first-order valence-electron chi connectivity index (χ1n) is 8.07. The van der Waals surface area contributed by atoms with E-state index in [0.717, 1.165) is 15.6 Å². The van der Waals surface area contributed by atoms with Gasteiger partial charge in [-0.15, -0.1) is 0 Å². The maximum Gasteiger partial charge on any atom is 0.264 e. The van der Waals surface area contributed by atoms with Gasteiger partial charge in [-0.05, 0) is 60.2 Å². The number of benzene rings is 2. The molecule has 0 spiro atoms. The topological polar surface area (TPSA) is 69.2 Å². The number of halogens is 1. The molecule has 2 aliphatic heterocycles. The average molecular weight is 447 g/mol. The molecule has 1 saturated heterocycles. The molecular formula is C19H15BrN2O4S. The minimum absolute atomic E-state index is 0.199. The van der Waals surface area contributed by atoms with Crippen molar-refractivity contribution < 1.29 is 19.0 Å². The number of amidine groups is 1. The lowest BCUT2D eigenvalue weighted by Gasteiger charge is -2.05. The molecule has 2 aliphatic rings. The highest BCUT2D eigenvalue weighted by Gasteiger charge is 2.25. The first kappa shape index (κ1) is 17.9. The molecule has 1 N–H and O–H groups in total. The molecule has 0 bridgehead atoms. The molecule has 1 amide bonds. The number of amides is 1. The van der Waals surface area contributed by atoms with Gasteiger partial charge in [-0.3, -0.25) is 4.79 Å². The summed E-state index contributed by atoms with van der Waals surface area (Å²) in [6, 6.07) is 9.39. The predicted molar refractivity (Wildman–Crippen MR) is 109 cm³/mol. The Hall–Kier alpha value is -2.45. The second-order valence-electron chi connectivity index (χ2n) is 5.88. The van der Waals surface area contributed by atoms with Crippen LogP contribution >= 0.6 is 27.7 Å². The van der Waals surface area contributed by atoms with E-state index < -0.39 is 0 Å². The lowest BCUT2D eigenvalue weighted by Crippen LogP contribution is -2.19. The molecule has 27 heavy (non-hydrogen) atoms. The van der Waals surface area contributed by atoms with Crippen molar-refractivity contribution in [2.45, 2.75) is 6.92 Å². The molecule has 138 valence electrons. The maximum atomic E-state index is 12.4. The maximum absolute atomic E-state index is 12.4. The van der Waals surface area contributed by atoms with Gasteiger partial charge in [-0.2, -0.15) is 0 Å². The number of hydrogen-bond acceptors (Lipinski definition) is 6. The monoisotopic (exact) mass is 446 g/mol. The number of methoxy groups -OCH3 is 1. The van der Waals surface area contributed by atoms with Gasteiger partial charge in [0.05, 0.1) is 12.0 Å². The Morgan fingerprint density at radius 2 is 2.04 bits per heavy atom. The van der Waals surface area contributed by atoms with Crippen LogP contribution in [-0.4, -0.2) is 25.0 Å². The zero-order valence-electron chi connectivity index (χ0n) is 14.5. The third-order valence-corrected chi connectivity index (χ3v) is 5.58. The van der Waals surface area contributed by atoms with Crippen LogP contribution in [0.5, 0.6) is 17.2 Å². The third kappa shape index (κ3) is 3.68. The first-order valence-corrected chi connectivity index (χ1v) is 9.68. The minimum Gasteiger partial charge on any atom is -0.494 e.